The minimum absolute atomic E-state index is 0.133. The zero-order chi connectivity index (χ0) is 24.1. The summed E-state index contributed by atoms with van der Waals surface area (Å²) in [5.74, 6) is 5.87. The lowest BCUT2D eigenvalue weighted by molar-refractivity contribution is -0.134. The number of thiocarbonyl (C=S) groups is 1. The van der Waals surface area contributed by atoms with Gasteiger partial charge in [0.25, 0.3) is 0 Å². The highest BCUT2D eigenvalue weighted by atomic mass is 32.1. The zero-order valence-corrected chi connectivity index (χ0v) is 19.5. The number of hydrazine groups is 1. The van der Waals surface area contributed by atoms with Crippen molar-refractivity contribution in [1.82, 2.24) is 10.9 Å². The van der Waals surface area contributed by atoms with Crippen molar-refractivity contribution in [3.63, 3.8) is 0 Å². The van der Waals surface area contributed by atoms with E-state index in [0.29, 0.717) is 23.0 Å². The topological polar surface area (TPSA) is 107 Å². The standard InChI is InChI=1S/C25H24N4O4S/c1-31-17-11-7-15(8-12-17)21(22-19-5-3-4-6-20(19)33-24(22)30)23(28-29-25(34)27-26)16-9-13-18(32-2)14-10-16/h3-14,21-22H,26H2,1-2H3,(H2,27,29,34)/b28-23-/t21-,22-/m0/s1. The molecular weight excluding hydrogens is 452 g/mol. The zero-order valence-electron chi connectivity index (χ0n) is 18.6. The Labute approximate surface area is 202 Å². The van der Waals surface area contributed by atoms with Crippen LogP contribution in [0.4, 0.5) is 0 Å². The number of benzene rings is 3. The molecule has 34 heavy (non-hydrogen) atoms. The molecule has 0 saturated carbocycles. The number of nitrogens with two attached hydrogens (primary N) is 1. The molecule has 0 saturated heterocycles. The molecule has 8 nitrogen and oxygen atoms in total. The predicted molar refractivity (Wildman–Crippen MR) is 133 cm³/mol. The van der Waals surface area contributed by atoms with Crippen LogP contribution >= 0.6 is 12.2 Å². The van der Waals surface area contributed by atoms with E-state index >= 15 is 0 Å². The van der Waals surface area contributed by atoms with Gasteiger partial charge in [0.05, 0.1) is 25.8 Å². The second-order valence-electron chi connectivity index (χ2n) is 7.50. The van der Waals surface area contributed by atoms with Crippen molar-refractivity contribution in [2.75, 3.05) is 14.2 Å². The molecule has 0 radical (unpaired) electrons. The van der Waals surface area contributed by atoms with Gasteiger partial charge in [-0.15, -0.1) is 0 Å². The lowest BCUT2D eigenvalue weighted by Gasteiger charge is -2.25. The summed E-state index contributed by atoms with van der Waals surface area (Å²) in [6.45, 7) is 0. The molecular formula is C25H24N4O4S. The molecule has 3 aromatic rings. The van der Waals surface area contributed by atoms with Gasteiger partial charge in [-0.3, -0.25) is 15.6 Å². The minimum atomic E-state index is -0.633. The molecule has 0 bridgehead atoms. The maximum Gasteiger partial charge on any atom is 0.320 e. The lowest BCUT2D eigenvalue weighted by Crippen LogP contribution is -2.38. The largest absolute Gasteiger partial charge is 0.497 e. The van der Waals surface area contributed by atoms with Gasteiger partial charge in [0, 0.05) is 11.5 Å². The number of fused-ring (bicyclic) bond motifs is 1. The number of ether oxygens (including phenoxy) is 3. The highest BCUT2D eigenvalue weighted by molar-refractivity contribution is 7.80. The highest BCUT2D eigenvalue weighted by Gasteiger charge is 2.42. The number of hydrazone groups is 1. The number of carbonyl (C=O) groups excluding carboxylic acids is 1. The van der Waals surface area contributed by atoms with E-state index in [1.165, 1.54) is 0 Å². The van der Waals surface area contributed by atoms with Crippen LogP contribution in [0.15, 0.2) is 77.9 Å². The Kier molecular flexibility index (Phi) is 7.05. The monoisotopic (exact) mass is 476 g/mol. The quantitative estimate of drug-likeness (QED) is 0.119. The Bertz CT molecular complexity index is 1210. The van der Waals surface area contributed by atoms with Crippen LogP contribution in [-0.2, 0) is 4.79 Å². The van der Waals surface area contributed by atoms with E-state index in [9.17, 15) is 4.79 Å². The first-order valence-corrected chi connectivity index (χ1v) is 10.9. The molecule has 0 spiro atoms. The molecule has 1 aliphatic rings. The van der Waals surface area contributed by atoms with E-state index < -0.39 is 11.8 Å². The number of nitrogens with one attached hydrogen (secondary N) is 2. The van der Waals surface area contributed by atoms with Crippen LogP contribution in [0.3, 0.4) is 0 Å². The number of esters is 1. The Hall–Kier alpha value is -3.95. The molecule has 1 heterocycles. The minimum Gasteiger partial charge on any atom is -0.497 e. The van der Waals surface area contributed by atoms with Crippen molar-refractivity contribution in [2.24, 2.45) is 10.9 Å². The van der Waals surface area contributed by atoms with Crippen molar-refractivity contribution in [3.8, 4) is 17.2 Å². The van der Waals surface area contributed by atoms with Gasteiger partial charge in [-0.05, 0) is 65.8 Å². The second kappa shape index (κ2) is 10.3. The fourth-order valence-electron chi connectivity index (χ4n) is 3.98. The van der Waals surface area contributed by atoms with Crippen LogP contribution in [0.2, 0.25) is 0 Å². The van der Waals surface area contributed by atoms with Gasteiger partial charge in [-0.2, -0.15) is 5.10 Å². The number of hydrogen-bond acceptors (Lipinski definition) is 7. The molecule has 3 aromatic carbocycles. The number of rotatable bonds is 7. The third-order valence-corrected chi connectivity index (χ3v) is 5.83. The summed E-state index contributed by atoms with van der Waals surface area (Å²) in [5.41, 5.74) is 8.11. The van der Waals surface area contributed by atoms with E-state index in [4.69, 9.17) is 32.3 Å². The number of para-hydroxylation sites is 1. The van der Waals surface area contributed by atoms with E-state index in [-0.39, 0.29) is 11.1 Å². The molecule has 4 N–H and O–H groups in total. The van der Waals surface area contributed by atoms with Gasteiger partial charge >= 0.3 is 5.97 Å². The van der Waals surface area contributed by atoms with Crippen molar-refractivity contribution in [3.05, 3.63) is 89.5 Å². The summed E-state index contributed by atoms with van der Waals surface area (Å²) < 4.78 is 16.3. The van der Waals surface area contributed by atoms with Gasteiger partial charge in [-0.25, -0.2) is 5.84 Å². The molecule has 0 unspecified atom stereocenters. The van der Waals surface area contributed by atoms with Crippen molar-refractivity contribution in [2.45, 2.75) is 11.8 Å². The van der Waals surface area contributed by atoms with Crippen molar-refractivity contribution >= 4 is 29.0 Å². The third-order valence-electron chi connectivity index (χ3n) is 5.62. The van der Waals surface area contributed by atoms with Crippen LogP contribution in [0, 0.1) is 0 Å². The van der Waals surface area contributed by atoms with Crippen molar-refractivity contribution in [1.29, 1.82) is 0 Å². The summed E-state index contributed by atoms with van der Waals surface area (Å²) in [5, 5.41) is 4.73. The molecule has 0 aliphatic carbocycles. The predicted octanol–water partition coefficient (Wildman–Crippen LogP) is 3.23. The second-order valence-corrected chi connectivity index (χ2v) is 7.91. The average molecular weight is 477 g/mol. The first-order valence-electron chi connectivity index (χ1n) is 10.5. The summed E-state index contributed by atoms with van der Waals surface area (Å²) in [6.07, 6.45) is 0. The van der Waals surface area contributed by atoms with Gasteiger partial charge < -0.3 is 14.2 Å². The molecule has 4 rings (SSSR count). The maximum absolute atomic E-state index is 13.2. The van der Waals surface area contributed by atoms with Crippen LogP contribution in [-0.4, -0.2) is 31.0 Å². The summed E-state index contributed by atoms with van der Waals surface area (Å²) in [6, 6.07) is 22.3. The van der Waals surface area contributed by atoms with Crippen LogP contribution in [0.1, 0.15) is 28.5 Å². The van der Waals surface area contributed by atoms with E-state index in [1.54, 1.807) is 20.3 Å². The van der Waals surface area contributed by atoms with Crippen LogP contribution in [0.5, 0.6) is 17.2 Å². The molecule has 0 fully saturated rings. The van der Waals surface area contributed by atoms with E-state index in [1.807, 2.05) is 66.7 Å². The average Bonchev–Trinajstić information content (AvgIpc) is 3.21. The number of methoxy groups -OCH3 is 2. The van der Waals surface area contributed by atoms with E-state index in [2.05, 4.69) is 16.0 Å². The third kappa shape index (κ3) is 4.70. The summed E-state index contributed by atoms with van der Waals surface area (Å²) in [7, 11) is 3.20. The molecule has 0 aromatic heterocycles. The fraction of sp³-hybridized carbons (Fsp3) is 0.160. The summed E-state index contributed by atoms with van der Waals surface area (Å²) >= 11 is 5.14. The first-order chi connectivity index (χ1) is 16.5. The van der Waals surface area contributed by atoms with Gasteiger partial charge in [0.2, 0.25) is 5.11 Å². The Balaban J connectivity index is 1.90. The first kappa shape index (κ1) is 23.2. The molecule has 1 aliphatic heterocycles. The lowest BCUT2D eigenvalue weighted by atomic mass is 9.77. The molecule has 9 heteroatoms. The Morgan fingerprint density at radius 2 is 1.62 bits per heavy atom. The highest BCUT2D eigenvalue weighted by Crippen LogP contribution is 2.45. The Morgan fingerprint density at radius 3 is 2.24 bits per heavy atom. The van der Waals surface area contributed by atoms with E-state index in [0.717, 1.165) is 16.7 Å². The van der Waals surface area contributed by atoms with Gasteiger partial charge in [-0.1, -0.05) is 30.3 Å². The number of nitrogens with zero attached hydrogens (tertiary/aromatic N) is 1. The maximum atomic E-state index is 13.2. The normalized spacial score (nSPS) is 15.7. The Morgan fingerprint density at radius 1 is 1.00 bits per heavy atom. The molecule has 2 atom stereocenters. The van der Waals surface area contributed by atoms with Crippen LogP contribution in [0.25, 0.3) is 0 Å². The molecule has 0 amide bonds. The molecule has 174 valence electrons. The van der Waals surface area contributed by atoms with Crippen LogP contribution < -0.4 is 30.9 Å². The van der Waals surface area contributed by atoms with Gasteiger partial charge in [0.1, 0.15) is 17.2 Å². The SMILES string of the molecule is COc1ccc(/C(=N/NC(=S)NN)[C@@H](c2ccc(OC)cc2)[C@H]2C(=O)Oc3ccccc32)cc1. The van der Waals surface area contributed by atoms with Crippen molar-refractivity contribution < 1.29 is 19.0 Å². The smallest absolute Gasteiger partial charge is 0.320 e. The van der Waals surface area contributed by atoms with Gasteiger partial charge in [0.15, 0.2) is 0 Å². The number of carbonyl (C=O) groups is 1. The fourth-order valence-corrected chi connectivity index (χ4v) is 4.03. The number of hydrogen-bond donors (Lipinski definition) is 3. The summed E-state index contributed by atoms with van der Waals surface area (Å²) in [4.78, 5) is 13.2.